The van der Waals surface area contributed by atoms with Gasteiger partial charge in [0.2, 0.25) is 0 Å². The molecule has 1 amide bonds. The molecule has 0 bridgehead atoms. The van der Waals surface area contributed by atoms with Crippen molar-refractivity contribution in [3.8, 4) is 0 Å². The van der Waals surface area contributed by atoms with E-state index in [0.717, 1.165) is 11.1 Å². The van der Waals surface area contributed by atoms with Crippen LogP contribution in [-0.2, 0) is 0 Å². The second kappa shape index (κ2) is 5.76. The Morgan fingerprint density at radius 1 is 1.17 bits per heavy atom. The third-order valence-electron chi connectivity index (χ3n) is 4.55. The van der Waals surface area contributed by atoms with Gasteiger partial charge in [-0.25, -0.2) is 4.39 Å². The smallest absolute Gasteiger partial charge is 0.256 e. The van der Waals surface area contributed by atoms with Crippen molar-refractivity contribution in [1.29, 1.82) is 0 Å². The van der Waals surface area contributed by atoms with Gasteiger partial charge in [-0.15, -0.1) is 0 Å². The minimum atomic E-state index is -0.568. The number of aliphatic hydroxyl groups excluding tert-OH is 1. The van der Waals surface area contributed by atoms with E-state index in [1.807, 2.05) is 34.9 Å². The summed E-state index contributed by atoms with van der Waals surface area (Å²) < 4.78 is 15.1. The van der Waals surface area contributed by atoms with E-state index in [1.54, 1.807) is 23.2 Å². The van der Waals surface area contributed by atoms with Crippen LogP contribution in [0.1, 0.15) is 28.4 Å². The highest BCUT2D eigenvalue weighted by molar-refractivity contribution is 5.96. The summed E-state index contributed by atoms with van der Waals surface area (Å²) >= 11 is 0. The van der Waals surface area contributed by atoms with Crippen LogP contribution in [0, 0.1) is 5.82 Å². The Morgan fingerprint density at radius 3 is 2.71 bits per heavy atom. The van der Waals surface area contributed by atoms with Crippen molar-refractivity contribution in [2.45, 2.75) is 18.6 Å². The second-order valence-electron chi connectivity index (χ2n) is 6.18. The van der Waals surface area contributed by atoms with Gasteiger partial charge in [-0.2, -0.15) is 0 Å². The van der Waals surface area contributed by atoms with Gasteiger partial charge in [0.25, 0.3) is 5.91 Å². The van der Waals surface area contributed by atoms with E-state index in [2.05, 4.69) is 0 Å². The molecule has 0 spiro atoms. The van der Waals surface area contributed by atoms with Gasteiger partial charge in [-0.3, -0.25) is 4.79 Å². The number of hydrogen-bond acceptors (Lipinski definition) is 2. The number of hydrogen-bond donors (Lipinski definition) is 1. The lowest BCUT2D eigenvalue weighted by Crippen LogP contribution is -2.31. The van der Waals surface area contributed by atoms with Gasteiger partial charge >= 0.3 is 0 Å². The highest BCUT2D eigenvalue weighted by atomic mass is 19.1. The van der Waals surface area contributed by atoms with E-state index in [9.17, 15) is 14.3 Å². The molecule has 1 aliphatic rings. The number of rotatable bonds is 2. The molecule has 1 aromatic carbocycles. The van der Waals surface area contributed by atoms with Gasteiger partial charge < -0.3 is 14.4 Å². The fraction of sp³-hybridized carbons (Fsp3) is 0.211. The average molecular weight is 324 g/mol. The number of fused-ring (bicyclic) bond motifs is 1. The Bertz CT molecular complexity index is 855. The number of aliphatic hydroxyl groups is 1. The van der Waals surface area contributed by atoms with Crippen LogP contribution in [0.4, 0.5) is 4.39 Å². The largest absolute Gasteiger partial charge is 0.391 e. The third kappa shape index (κ3) is 2.57. The molecule has 5 heteroatoms. The zero-order valence-electron chi connectivity index (χ0n) is 13.0. The summed E-state index contributed by atoms with van der Waals surface area (Å²) in [5, 5.41) is 10.0. The molecule has 0 radical (unpaired) electrons. The first-order chi connectivity index (χ1) is 11.6. The number of halogens is 1. The van der Waals surface area contributed by atoms with Crippen LogP contribution >= 0.6 is 0 Å². The van der Waals surface area contributed by atoms with Crippen LogP contribution in [-0.4, -0.2) is 33.0 Å². The number of benzene rings is 1. The Morgan fingerprint density at radius 2 is 1.96 bits per heavy atom. The van der Waals surface area contributed by atoms with E-state index in [0.29, 0.717) is 12.0 Å². The van der Waals surface area contributed by atoms with E-state index >= 15 is 0 Å². The predicted octanol–water partition coefficient (Wildman–Crippen LogP) is 3.03. The number of likely N-dealkylation sites (tertiary alicyclic amines) is 1. The van der Waals surface area contributed by atoms with Crippen molar-refractivity contribution < 1.29 is 14.3 Å². The molecule has 2 atom stereocenters. The molecule has 4 nitrogen and oxygen atoms in total. The third-order valence-corrected chi connectivity index (χ3v) is 4.55. The Labute approximate surface area is 138 Å². The number of nitrogens with zero attached hydrogens (tertiary/aromatic N) is 2. The SMILES string of the molecule is O=C(c1cc2ccccn2c1)N1C[C@H](O)C[C@H]1c1ccc(F)cc1. The van der Waals surface area contributed by atoms with Crippen molar-refractivity contribution in [2.75, 3.05) is 6.54 Å². The lowest BCUT2D eigenvalue weighted by atomic mass is 10.0. The predicted molar refractivity (Wildman–Crippen MR) is 88.2 cm³/mol. The second-order valence-corrected chi connectivity index (χ2v) is 6.18. The molecule has 1 saturated heterocycles. The summed E-state index contributed by atoms with van der Waals surface area (Å²) in [5.41, 5.74) is 2.37. The minimum Gasteiger partial charge on any atom is -0.391 e. The first-order valence-electron chi connectivity index (χ1n) is 7.93. The summed E-state index contributed by atoms with van der Waals surface area (Å²) in [4.78, 5) is 14.6. The maximum atomic E-state index is 13.2. The normalized spacial score (nSPS) is 20.7. The number of β-amino-alcohol motifs (C(OH)–C–C–N with tert-alkyl or cyclic N) is 1. The maximum Gasteiger partial charge on any atom is 0.256 e. The fourth-order valence-corrected chi connectivity index (χ4v) is 3.38. The van der Waals surface area contributed by atoms with E-state index in [1.165, 1.54) is 12.1 Å². The van der Waals surface area contributed by atoms with Crippen LogP contribution in [0.3, 0.4) is 0 Å². The standard InChI is InChI=1S/C19H17FN2O2/c20-15-6-4-13(5-7-15)18-10-17(23)12-22(18)19(24)14-9-16-3-1-2-8-21(16)11-14/h1-9,11,17-18,23H,10,12H2/t17-,18+/m1/s1. The number of pyridine rings is 1. The Hall–Kier alpha value is -2.66. The van der Waals surface area contributed by atoms with Gasteiger partial charge in [0, 0.05) is 24.5 Å². The summed E-state index contributed by atoms with van der Waals surface area (Å²) in [7, 11) is 0. The number of carbonyl (C=O) groups excluding carboxylic acids is 1. The van der Waals surface area contributed by atoms with Crippen molar-refractivity contribution >= 4 is 11.4 Å². The fourth-order valence-electron chi connectivity index (χ4n) is 3.38. The molecule has 4 rings (SSSR count). The molecule has 3 heterocycles. The molecular formula is C19H17FN2O2. The van der Waals surface area contributed by atoms with Crippen molar-refractivity contribution in [3.05, 3.63) is 77.9 Å². The monoisotopic (exact) mass is 324 g/mol. The van der Waals surface area contributed by atoms with E-state index < -0.39 is 6.10 Å². The van der Waals surface area contributed by atoms with Crippen LogP contribution in [0.2, 0.25) is 0 Å². The first-order valence-corrected chi connectivity index (χ1v) is 7.93. The van der Waals surface area contributed by atoms with Crippen LogP contribution in [0.25, 0.3) is 5.52 Å². The molecule has 1 fully saturated rings. The highest BCUT2D eigenvalue weighted by Gasteiger charge is 2.36. The molecule has 1 N–H and O–H groups in total. The quantitative estimate of drug-likeness (QED) is 0.787. The summed E-state index contributed by atoms with van der Waals surface area (Å²) in [6.45, 7) is 0.285. The van der Waals surface area contributed by atoms with E-state index in [-0.39, 0.29) is 24.3 Å². The summed E-state index contributed by atoms with van der Waals surface area (Å²) in [6.07, 6.45) is 3.58. The Kier molecular flexibility index (Phi) is 3.58. The van der Waals surface area contributed by atoms with Gasteiger partial charge in [0.15, 0.2) is 0 Å². The molecule has 24 heavy (non-hydrogen) atoms. The number of aromatic nitrogens is 1. The van der Waals surface area contributed by atoms with E-state index in [4.69, 9.17) is 0 Å². The van der Waals surface area contributed by atoms with Crippen molar-refractivity contribution in [2.24, 2.45) is 0 Å². The first kappa shape index (κ1) is 14.9. The van der Waals surface area contributed by atoms with Gasteiger partial charge in [-0.1, -0.05) is 18.2 Å². The van der Waals surface area contributed by atoms with Gasteiger partial charge in [-0.05, 0) is 42.3 Å². The van der Waals surface area contributed by atoms with Crippen molar-refractivity contribution in [1.82, 2.24) is 9.30 Å². The van der Waals surface area contributed by atoms with Crippen LogP contribution in [0.15, 0.2) is 60.9 Å². The molecule has 0 aliphatic carbocycles. The highest BCUT2D eigenvalue weighted by Crippen LogP contribution is 2.33. The minimum absolute atomic E-state index is 0.121. The zero-order valence-corrected chi connectivity index (χ0v) is 13.0. The zero-order chi connectivity index (χ0) is 16.7. The molecule has 122 valence electrons. The average Bonchev–Trinajstić information content (AvgIpc) is 3.18. The molecule has 2 aromatic heterocycles. The lowest BCUT2D eigenvalue weighted by molar-refractivity contribution is 0.0716. The lowest BCUT2D eigenvalue weighted by Gasteiger charge is -2.24. The molecule has 0 unspecified atom stereocenters. The number of amides is 1. The molecule has 0 saturated carbocycles. The summed E-state index contributed by atoms with van der Waals surface area (Å²) in [6, 6.07) is 13.5. The molecule has 1 aliphatic heterocycles. The van der Waals surface area contributed by atoms with Gasteiger partial charge in [0.1, 0.15) is 5.82 Å². The summed E-state index contributed by atoms with van der Waals surface area (Å²) in [5.74, 6) is -0.432. The maximum absolute atomic E-state index is 13.2. The molecule has 3 aromatic rings. The topological polar surface area (TPSA) is 45.0 Å². The van der Waals surface area contributed by atoms with Crippen molar-refractivity contribution in [3.63, 3.8) is 0 Å². The number of carbonyl (C=O) groups is 1. The van der Waals surface area contributed by atoms with Crippen LogP contribution in [0.5, 0.6) is 0 Å². The molecular weight excluding hydrogens is 307 g/mol. The Balaban J connectivity index is 1.67. The van der Waals surface area contributed by atoms with Gasteiger partial charge in [0.05, 0.1) is 17.7 Å². The van der Waals surface area contributed by atoms with Crippen LogP contribution < -0.4 is 0 Å².